The van der Waals surface area contributed by atoms with Gasteiger partial charge in [0.05, 0.1) is 10.7 Å². The number of para-hydroxylation sites is 1. The van der Waals surface area contributed by atoms with Crippen LogP contribution in [0.3, 0.4) is 0 Å². The van der Waals surface area contributed by atoms with Crippen molar-refractivity contribution in [1.82, 2.24) is 5.32 Å². The summed E-state index contributed by atoms with van der Waals surface area (Å²) in [4.78, 5) is 22.8. The monoisotopic (exact) mass is 330 g/mol. The van der Waals surface area contributed by atoms with Gasteiger partial charge in [0.25, 0.3) is 0 Å². The van der Waals surface area contributed by atoms with E-state index >= 15 is 0 Å². The van der Waals surface area contributed by atoms with E-state index in [2.05, 4.69) is 5.32 Å². The summed E-state index contributed by atoms with van der Waals surface area (Å²) < 4.78 is 10.3. The Labute approximate surface area is 133 Å². The van der Waals surface area contributed by atoms with E-state index in [0.717, 1.165) is 0 Å². The van der Waals surface area contributed by atoms with Gasteiger partial charge in [-0.15, -0.1) is 0 Å². The Morgan fingerprint density at radius 1 is 1.41 bits per heavy atom. The predicted octanol–water partition coefficient (Wildman–Crippen LogP) is 2.28. The van der Waals surface area contributed by atoms with Crippen LogP contribution in [0.25, 0.3) is 0 Å². The summed E-state index contributed by atoms with van der Waals surface area (Å²) in [5.41, 5.74) is 5.24. The van der Waals surface area contributed by atoms with Crippen LogP contribution in [0.15, 0.2) is 18.2 Å². The molecule has 1 rings (SSSR count). The van der Waals surface area contributed by atoms with Gasteiger partial charge < -0.3 is 25.6 Å². The Bertz CT molecular complexity index is 536. The van der Waals surface area contributed by atoms with Gasteiger partial charge in [0, 0.05) is 0 Å². The number of rotatable bonds is 5. The molecule has 122 valence electrons. The zero-order valence-corrected chi connectivity index (χ0v) is 13.3. The van der Waals surface area contributed by atoms with Crippen molar-refractivity contribution < 1.29 is 24.2 Å². The van der Waals surface area contributed by atoms with Crippen LogP contribution in [-0.4, -0.2) is 35.4 Å². The summed E-state index contributed by atoms with van der Waals surface area (Å²) in [6.45, 7) is 4.67. The van der Waals surface area contributed by atoms with Crippen LogP contribution in [0.5, 0.6) is 5.75 Å². The van der Waals surface area contributed by atoms with Gasteiger partial charge in [-0.05, 0) is 32.9 Å². The number of carboxylic acids is 1. The molecule has 0 unspecified atom stereocenters. The van der Waals surface area contributed by atoms with E-state index in [4.69, 9.17) is 31.9 Å². The highest BCUT2D eigenvalue weighted by atomic mass is 35.5. The van der Waals surface area contributed by atoms with Crippen LogP contribution >= 0.6 is 11.6 Å². The number of hydrogen-bond donors (Lipinski definition) is 3. The summed E-state index contributed by atoms with van der Waals surface area (Å²) in [7, 11) is 0. The lowest BCUT2D eigenvalue weighted by atomic mass is 10.2. The number of amides is 1. The molecule has 1 aromatic rings. The molecule has 0 aromatic heterocycles. The molecule has 0 saturated heterocycles. The first-order chi connectivity index (χ1) is 10.1. The van der Waals surface area contributed by atoms with E-state index in [1.165, 1.54) is 0 Å². The number of carboxylic acid groups (broad SMARTS) is 1. The van der Waals surface area contributed by atoms with Crippen LogP contribution < -0.4 is 15.8 Å². The number of nitrogens with two attached hydrogens (primary N) is 1. The van der Waals surface area contributed by atoms with Crippen molar-refractivity contribution in [3.8, 4) is 5.75 Å². The molecule has 0 aliphatic heterocycles. The van der Waals surface area contributed by atoms with E-state index in [1.807, 2.05) is 0 Å². The quantitative estimate of drug-likeness (QED) is 0.714. The smallest absolute Gasteiger partial charge is 0.408 e. The van der Waals surface area contributed by atoms with E-state index < -0.39 is 23.7 Å². The topological polar surface area (TPSA) is 111 Å². The SMILES string of the molecule is CC(C)(C)OC(=O)N[C@@H](COc1c(N)cccc1Cl)C(=O)O. The lowest BCUT2D eigenvalue weighted by Gasteiger charge is -2.22. The molecule has 0 fully saturated rings. The molecule has 7 nitrogen and oxygen atoms in total. The predicted molar refractivity (Wildman–Crippen MR) is 82.2 cm³/mol. The summed E-state index contributed by atoms with van der Waals surface area (Å²) in [5, 5.41) is 11.6. The second-order valence-corrected chi connectivity index (χ2v) is 5.91. The van der Waals surface area contributed by atoms with Crippen LogP contribution in [-0.2, 0) is 9.53 Å². The van der Waals surface area contributed by atoms with E-state index in [1.54, 1.807) is 39.0 Å². The molecule has 1 amide bonds. The number of carbonyl (C=O) groups is 2. The molecular formula is C14H19ClN2O5. The molecule has 22 heavy (non-hydrogen) atoms. The van der Waals surface area contributed by atoms with E-state index in [0.29, 0.717) is 0 Å². The van der Waals surface area contributed by atoms with Crippen LogP contribution in [0.1, 0.15) is 20.8 Å². The van der Waals surface area contributed by atoms with Crippen molar-refractivity contribution >= 4 is 29.4 Å². The third-order valence-electron chi connectivity index (χ3n) is 2.38. The molecule has 1 atom stereocenters. The summed E-state index contributed by atoms with van der Waals surface area (Å²) in [5.74, 6) is -1.10. The van der Waals surface area contributed by atoms with Crippen LogP contribution in [0, 0.1) is 0 Å². The van der Waals surface area contributed by atoms with Crippen LogP contribution in [0.2, 0.25) is 5.02 Å². The second-order valence-electron chi connectivity index (χ2n) is 5.51. The summed E-state index contributed by atoms with van der Waals surface area (Å²) in [6.07, 6.45) is -0.851. The van der Waals surface area contributed by atoms with Gasteiger partial charge in [-0.25, -0.2) is 9.59 Å². The third kappa shape index (κ3) is 5.69. The van der Waals surface area contributed by atoms with Gasteiger partial charge in [-0.1, -0.05) is 17.7 Å². The van der Waals surface area contributed by atoms with Gasteiger partial charge in [0.2, 0.25) is 0 Å². The molecule has 0 aliphatic rings. The number of nitrogen functional groups attached to an aromatic ring is 1. The minimum atomic E-state index is -1.30. The standard InChI is InChI=1S/C14H19ClN2O5/c1-14(2,3)22-13(20)17-10(12(18)19)7-21-11-8(15)5-4-6-9(11)16/h4-6,10H,7,16H2,1-3H3,(H,17,20)(H,18,19)/t10-/m0/s1. The van der Waals surface area contributed by atoms with Crippen molar-refractivity contribution in [3.05, 3.63) is 23.2 Å². The molecule has 1 aromatic carbocycles. The molecule has 0 saturated carbocycles. The average molecular weight is 331 g/mol. The molecule has 0 radical (unpaired) electrons. The Hall–Kier alpha value is -2.15. The highest BCUT2D eigenvalue weighted by Gasteiger charge is 2.25. The Morgan fingerprint density at radius 3 is 2.55 bits per heavy atom. The molecular weight excluding hydrogens is 312 g/mol. The third-order valence-corrected chi connectivity index (χ3v) is 2.68. The molecule has 4 N–H and O–H groups in total. The Balaban J connectivity index is 2.70. The fraction of sp³-hybridized carbons (Fsp3) is 0.429. The van der Waals surface area contributed by atoms with Gasteiger partial charge in [-0.2, -0.15) is 0 Å². The number of ether oxygens (including phenoxy) is 2. The maximum atomic E-state index is 11.6. The first-order valence-electron chi connectivity index (χ1n) is 6.49. The second kappa shape index (κ2) is 7.22. The Kier molecular flexibility index (Phi) is 5.87. The molecule has 0 bridgehead atoms. The fourth-order valence-electron chi connectivity index (χ4n) is 1.47. The molecule has 0 heterocycles. The maximum Gasteiger partial charge on any atom is 0.408 e. The van der Waals surface area contributed by atoms with Gasteiger partial charge in [0.1, 0.15) is 12.2 Å². The van der Waals surface area contributed by atoms with E-state index in [9.17, 15) is 9.59 Å². The van der Waals surface area contributed by atoms with Crippen LogP contribution in [0.4, 0.5) is 10.5 Å². The number of nitrogens with one attached hydrogen (secondary N) is 1. The highest BCUT2D eigenvalue weighted by Crippen LogP contribution is 2.30. The zero-order valence-electron chi connectivity index (χ0n) is 12.6. The number of carbonyl (C=O) groups excluding carboxylic acids is 1. The van der Waals surface area contributed by atoms with Crippen molar-refractivity contribution in [2.45, 2.75) is 32.4 Å². The number of hydrogen-bond acceptors (Lipinski definition) is 5. The van der Waals surface area contributed by atoms with Crippen molar-refractivity contribution in [1.29, 1.82) is 0 Å². The molecule has 8 heteroatoms. The number of alkyl carbamates (subject to hydrolysis) is 1. The largest absolute Gasteiger partial charge is 0.487 e. The average Bonchev–Trinajstić information content (AvgIpc) is 2.34. The fourth-order valence-corrected chi connectivity index (χ4v) is 1.71. The van der Waals surface area contributed by atoms with Gasteiger partial charge in [-0.3, -0.25) is 0 Å². The van der Waals surface area contributed by atoms with Crippen molar-refractivity contribution in [3.63, 3.8) is 0 Å². The van der Waals surface area contributed by atoms with Gasteiger partial charge >= 0.3 is 12.1 Å². The minimum Gasteiger partial charge on any atom is -0.487 e. The number of benzene rings is 1. The number of halogens is 1. The normalized spacial score (nSPS) is 12.4. The summed E-state index contributed by atoms with van der Waals surface area (Å²) >= 11 is 5.92. The van der Waals surface area contributed by atoms with E-state index in [-0.39, 0.29) is 23.1 Å². The summed E-state index contributed by atoms with van der Waals surface area (Å²) in [6, 6.07) is 3.46. The van der Waals surface area contributed by atoms with Crippen molar-refractivity contribution in [2.24, 2.45) is 0 Å². The van der Waals surface area contributed by atoms with Crippen molar-refractivity contribution in [2.75, 3.05) is 12.3 Å². The lowest BCUT2D eigenvalue weighted by molar-refractivity contribution is -0.140. The maximum absolute atomic E-state index is 11.6. The minimum absolute atomic E-state index is 0.168. The van der Waals surface area contributed by atoms with Gasteiger partial charge in [0.15, 0.2) is 11.8 Å². The lowest BCUT2D eigenvalue weighted by Crippen LogP contribution is -2.46. The molecule has 0 aliphatic carbocycles. The Morgan fingerprint density at radius 2 is 2.05 bits per heavy atom. The number of aliphatic carboxylic acids is 1. The first kappa shape index (κ1) is 17.9. The number of anilines is 1. The zero-order chi connectivity index (χ0) is 16.9. The first-order valence-corrected chi connectivity index (χ1v) is 6.87. The molecule has 0 spiro atoms. The highest BCUT2D eigenvalue weighted by molar-refractivity contribution is 6.32.